The third kappa shape index (κ3) is 2.10. The molecule has 0 atom stereocenters. The van der Waals surface area contributed by atoms with E-state index in [2.05, 4.69) is 4.98 Å². The van der Waals surface area contributed by atoms with Crippen LogP contribution in [0.4, 0.5) is 0 Å². The molecule has 3 aromatic rings. The van der Waals surface area contributed by atoms with Gasteiger partial charge in [-0.1, -0.05) is 42.0 Å². The van der Waals surface area contributed by atoms with Gasteiger partial charge in [0.25, 0.3) is 0 Å². The van der Waals surface area contributed by atoms with Gasteiger partial charge in [-0.25, -0.2) is 0 Å². The van der Waals surface area contributed by atoms with Gasteiger partial charge in [-0.3, -0.25) is 9.78 Å². The zero-order valence-electron chi connectivity index (χ0n) is 11.6. The van der Waals surface area contributed by atoms with Crippen molar-refractivity contribution in [1.82, 2.24) is 4.98 Å². The molecular formula is C18H15NO. The average molecular weight is 261 g/mol. The van der Waals surface area contributed by atoms with Crippen LogP contribution in [0, 0.1) is 13.8 Å². The molecule has 2 aromatic carbocycles. The van der Waals surface area contributed by atoms with Gasteiger partial charge in [-0.05, 0) is 30.9 Å². The Kier molecular flexibility index (Phi) is 3.07. The van der Waals surface area contributed by atoms with Crippen molar-refractivity contribution in [3.05, 3.63) is 77.1 Å². The molecular weight excluding hydrogens is 246 g/mol. The third-order valence-electron chi connectivity index (χ3n) is 3.55. The summed E-state index contributed by atoms with van der Waals surface area (Å²) in [6.07, 6.45) is 3.50. The first kappa shape index (κ1) is 12.5. The van der Waals surface area contributed by atoms with Crippen LogP contribution in [0.25, 0.3) is 10.8 Å². The van der Waals surface area contributed by atoms with E-state index in [1.807, 2.05) is 56.3 Å². The molecule has 0 unspecified atom stereocenters. The second kappa shape index (κ2) is 4.89. The Hall–Kier alpha value is -2.48. The van der Waals surface area contributed by atoms with Crippen molar-refractivity contribution in [2.75, 3.05) is 0 Å². The van der Waals surface area contributed by atoms with Crippen molar-refractivity contribution in [2.24, 2.45) is 0 Å². The minimum absolute atomic E-state index is 0.0566. The molecule has 0 amide bonds. The molecule has 0 saturated heterocycles. The molecule has 0 spiro atoms. The predicted octanol–water partition coefficient (Wildman–Crippen LogP) is 4.08. The summed E-state index contributed by atoms with van der Waals surface area (Å²) >= 11 is 0. The van der Waals surface area contributed by atoms with Crippen LogP contribution in [0.1, 0.15) is 27.0 Å². The molecule has 0 aliphatic carbocycles. The number of carbonyl (C=O) groups is 1. The number of rotatable bonds is 2. The van der Waals surface area contributed by atoms with E-state index in [0.29, 0.717) is 5.56 Å². The minimum atomic E-state index is 0.0566. The van der Waals surface area contributed by atoms with Crippen molar-refractivity contribution in [3.63, 3.8) is 0 Å². The first-order valence-electron chi connectivity index (χ1n) is 6.61. The maximum atomic E-state index is 12.8. The highest BCUT2D eigenvalue weighted by molar-refractivity contribution is 6.16. The van der Waals surface area contributed by atoms with E-state index in [4.69, 9.17) is 0 Å². The lowest BCUT2D eigenvalue weighted by molar-refractivity contribution is 0.103. The van der Waals surface area contributed by atoms with Gasteiger partial charge in [-0.15, -0.1) is 0 Å². The number of carbonyl (C=O) groups excluding carboxylic acids is 1. The Bertz CT molecular complexity index is 800. The fourth-order valence-electron chi connectivity index (χ4n) is 2.52. The second-order valence-electron chi connectivity index (χ2n) is 5.05. The number of nitrogens with zero attached hydrogens (tertiary/aromatic N) is 1. The zero-order valence-corrected chi connectivity index (χ0v) is 11.6. The number of hydrogen-bond donors (Lipinski definition) is 0. The summed E-state index contributed by atoms with van der Waals surface area (Å²) in [5.74, 6) is 0.0566. The van der Waals surface area contributed by atoms with Gasteiger partial charge < -0.3 is 0 Å². The van der Waals surface area contributed by atoms with Crippen LogP contribution in [0.5, 0.6) is 0 Å². The molecule has 98 valence electrons. The molecule has 0 aliphatic heterocycles. The number of fused-ring (bicyclic) bond motifs is 1. The maximum Gasteiger partial charge on any atom is 0.193 e. The highest BCUT2D eigenvalue weighted by Crippen LogP contribution is 2.22. The summed E-state index contributed by atoms with van der Waals surface area (Å²) in [6.45, 7) is 4.01. The zero-order chi connectivity index (χ0) is 14.1. The summed E-state index contributed by atoms with van der Waals surface area (Å²) in [7, 11) is 0. The van der Waals surface area contributed by atoms with Crippen LogP contribution in [0.15, 0.2) is 54.9 Å². The number of hydrogen-bond acceptors (Lipinski definition) is 2. The molecule has 0 fully saturated rings. The van der Waals surface area contributed by atoms with Crippen LogP contribution >= 0.6 is 0 Å². The molecule has 0 N–H and O–H groups in total. The van der Waals surface area contributed by atoms with E-state index in [1.54, 1.807) is 12.4 Å². The first-order chi connectivity index (χ1) is 9.66. The smallest absolute Gasteiger partial charge is 0.193 e. The summed E-state index contributed by atoms with van der Waals surface area (Å²) in [4.78, 5) is 16.9. The Labute approximate surface area is 118 Å². The SMILES string of the molecule is Cc1ccc(C(=O)c2cccc3ccncc23)c(C)c1. The molecule has 20 heavy (non-hydrogen) atoms. The number of benzene rings is 2. The molecule has 1 heterocycles. The number of ketones is 1. The van der Waals surface area contributed by atoms with Gasteiger partial charge in [0.1, 0.15) is 0 Å². The van der Waals surface area contributed by atoms with Crippen LogP contribution < -0.4 is 0 Å². The highest BCUT2D eigenvalue weighted by Gasteiger charge is 2.14. The Balaban J connectivity index is 2.18. The van der Waals surface area contributed by atoms with Crippen molar-refractivity contribution >= 4 is 16.6 Å². The van der Waals surface area contributed by atoms with Crippen LogP contribution in [0.3, 0.4) is 0 Å². The first-order valence-corrected chi connectivity index (χ1v) is 6.61. The molecule has 0 bridgehead atoms. The van der Waals surface area contributed by atoms with Gasteiger partial charge in [-0.2, -0.15) is 0 Å². The Morgan fingerprint density at radius 2 is 1.85 bits per heavy atom. The molecule has 0 saturated carbocycles. The van der Waals surface area contributed by atoms with Crippen LogP contribution in [0.2, 0.25) is 0 Å². The van der Waals surface area contributed by atoms with E-state index in [1.165, 1.54) is 5.56 Å². The van der Waals surface area contributed by atoms with Crippen molar-refractivity contribution in [1.29, 1.82) is 0 Å². The lowest BCUT2D eigenvalue weighted by Gasteiger charge is -2.08. The van der Waals surface area contributed by atoms with Gasteiger partial charge in [0, 0.05) is 28.9 Å². The average Bonchev–Trinajstić information content (AvgIpc) is 2.46. The maximum absolute atomic E-state index is 12.8. The van der Waals surface area contributed by atoms with E-state index < -0.39 is 0 Å². The molecule has 1 aromatic heterocycles. The topological polar surface area (TPSA) is 30.0 Å². The molecule has 0 aliphatic rings. The largest absolute Gasteiger partial charge is 0.289 e. The van der Waals surface area contributed by atoms with Gasteiger partial charge in [0.15, 0.2) is 5.78 Å². The highest BCUT2D eigenvalue weighted by atomic mass is 16.1. The summed E-state index contributed by atoms with van der Waals surface area (Å²) in [5, 5.41) is 1.94. The standard InChI is InChI=1S/C18H15NO/c1-12-6-7-15(13(2)10-12)18(20)16-5-3-4-14-8-9-19-11-17(14)16/h3-11H,1-2H3. The fraction of sp³-hybridized carbons (Fsp3) is 0.111. The van der Waals surface area contributed by atoms with Gasteiger partial charge in [0.05, 0.1) is 0 Å². The normalized spacial score (nSPS) is 10.7. The monoisotopic (exact) mass is 261 g/mol. The van der Waals surface area contributed by atoms with Crippen molar-refractivity contribution in [3.8, 4) is 0 Å². The molecule has 2 nitrogen and oxygen atoms in total. The predicted molar refractivity (Wildman–Crippen MR) is 81.1 cm³/mol. The lowest BCUT2D eigenvalue weighted by atomic mass is 9.95. The van der Waals surface area contributed by atoms with Crippen molar-refractivity contribution in [2.45, 2.75) is 13.8 Å². The summed E-state index contributed by atoms with van der Waals surface area (Å²) in [6, 6.07) is 13.6. The third-order valence-corrected chi connectivity index (χ3v) is 3.55. The second-order valence-corrected chi connectivity index (χ2v) is 5.05. The molecule has 0 radical (unpaired) electrons. The number of aromatic nitrogens is 1. The van der Waals surface area contributed by atoms with Crippen LogP contribution in [-0.4, -0.2) is 10.8 Å². The quantitative estimate of drug-likeness (QED) is 0.650. The Morgan fingerprint density at radius 1 is 1.00 bits per heavy atom. The van der Waals surface area contributed by atoms with E-state index >= 15 is 0 Å². The minimum Gasteiger partial charge on any atom is -0.289 e. The fourth-order valence-corrected chi connectivity index (χ4v) is 2.52. The van der Waals surface area contributed by atoms with Gasteiger partial charge >= 0.3 is 0 Å². The van der Waals surface area contributed by atoms with Gasteiger partial charge in [0.2, 0.25) is 0 Å². The van der Waals surface area contributed by atoms with Crippen LogP contribution in [-0.2, 0) is 0 Å². The van der Waals surface area contributed by atoms with E-state index in [0.717, 1.165) is 21.9 Å². The number of aryl methyl sites for hydroxylation is 2. The summed E-state index contributed by atoms with van der Waals surface area (Å²) in [5.41, 5.74) is 3.64. The molecule has 3 rings (SSSR count). The van der Waals surface area contributed by atoms with Crippen molar-refractivity contribution < 1.29 is 4.79 Å². The lowest BCUT2D eigenvalue weighted by Crippen LogP contribution is -2.04. The summed E-state index contributed by atoms with van der Waals surface area (Å²) < 4.78 is 0. The van der Waals surface area contributed by atoms with E-state index in [-0.39, 0.29) is 5.78 Å². The van der Waals surface area contributed by atoms with E-state index in [9.17, 15) is 4.79 Å². The Morgan fingerprint density at radius 3 is 2.65 bits per heavy atom. The number of pyridine rings is 1. The molecule has 2 heteroatoms.